The number of carbonyl (C=O) groups is 1. The van der Waals surface area contributed by atoms with E-state index in [2.05, 4.69) is 17.4 Å². The molecule has 1 aliphatic rings. The summed E-state index contributed by atoms with van der Waals surface area (Å²) in [5, 5.41) is 3.39. The van der Waals surface area contributed by atoms with Crippen molar-refractivity contribution in [2.45, 2.75) is 25.9 Å². The van der Waals surface area contributed by atoms with Crippen LogP contribution >= 0.6 is 12.4 Å². The van der Waals surface area contributed by atoms with E-state index >= 15 is 0 Å². The first-order valence-electron chi connectivity index (χ1n) is 10.8. The lowest BCUT2D eigenvalue weighted by molar-refractivity contribution is -0.126. The summed E-state index contributed by atoms with van der Waals surface area (Å²) in [6, 6.07) is 22.8. The second kappa shape index (κ2) is 11.6. The van der Waals surface area contributed by atoms with Crippen molar-refractivity contribution in [1.82, 2.24) is 10.2 Å². The lowest BCUT2D eigenvalue weighted by atomic mass is 9.95. The minimum atomic E-state index is -0.245. The van der Waals surface area contributed by atoms with Crippen LogP contribution in [0.25, 0.3) is 6.08 Å². The molecule has 0 fully saturated rings. The predicted molar refractivity (Wildman–Crippen MR) is 130 cm³/mol. The molecule has 1 amide bonds. The first-order valence-corrected chi connectivity index (χ1v) is 10.8. The number of rotatable bonds is 7. The average Bonchev–Trinajstić information content (AvgIpc) is 2.82. The Kier molecular flexibility index (Phi) is 8.60. The van der Waals surface area contributed by atoms with Crippen LogP contribution < -0.4 is 5.32 Å². The van der Waals surface area contributed by atoms with Gasteiger partial charge in [0.05, 0.1) is 0 Å². The summed E-state index contributed by atoms with van der Waals surface area (Å²) in [5.74, 6) is -0.261. The summed E-state index contributed by atoms with van der Waals surface area (Å²) in [6.07, 6.45) is 5.29. The van der Waals surface area contributed by atoms with E-state index in [9.17, 15) is 9.18 Å². The summed E-state index contributed by atoms with van der Waals surface area (Å²) >= 11 is 0. The third kappa shape index (κ3) is 6.28. The van der Waals surface area contributed by atoms with Crippen LogP contribution in [0.4, 0.5) is 4.39 Å². The summed E-state index contributed by atoms with van der Waals surface area (Å²) in [7, 11) is 0. The fourth-order valence-corrected chi connectivity index (χ4v) is 3.97. The van der Waals surface area contributed by atoms with Gasteiger partial charge in [-0.2, -0.15) is 0 Å². The van der Waals surface area contributed by atoms with E-state index in [4.69, 9.17) is 0 Å². The number of halogens is 2. The molecule has 0 spiro atoms. The van der Waals surface area contributed by atoms with Gasteiger partial charge in [-0.15, -0.1) is 12.4 Å². The molecule has 3 aromatic carbocycles. The first-order chi connectivity index (χ1) is 15.2. The molecular weight excluding hydrogens is 423 g/mol. The fourth-order valence-electron chi connectivity index (χ4n) is 3.97. The predicted octanol–water partition coefficient (Wildman–Crippen LogP) is 5.18. The van der Waals surface area contributed by atoms with E-state index in [0.717, 1.165) is 36.2 Å². The number of benzene rings is 3. The van der Waals surface area contributed by atoms with Crippen LogP contribution in [-0.4, -0.2) is 23.9 Å². The topological polar surface area (TPSA) is 32.3 Å². The van der Waals surface area contributed by atoms with Crippen molar-refractivity contribution < 1.29 is 9.18 Å². The van der Waals surface area contributed by atoms with Gasteiger partial charge in [0, 0.05) is 25.7 Å². The molecule has 3 aromatic rings. The van der Waals surface area contributed by atoms with Crippen molar-refractivity contribution in [2.75, 3.05) is 13.1 Å². The first kappa shape index (κ1) is 23.7. The van der Waals surface area contributed by atoms with Gasteiger partial charge in [-0.05, 0) is 65.4 Å². The normalized spacial score (nSPS) is 12.8. The van der Waals surface area contributed by atoms with E-state index in [1.165, 1.54) is 23.3 Å². The van der Waals surface area contributed by atoms with Crippen LogP contribution in [0.5, 0.6) is 0 Å². The Morgan fingerprint density at radius 2 is 1.75 bits per heavy atom. The zero-order valence-electron chi connectivity index (χ0n) is 18.0. The molecule has 0 unspecified atom stereocenters. The van der Waals surface area contributed by atoms with Gasteiger partial charge >= 0.3 is 0 Å². The second-order valence-electron chi connectivity index (χ2n) is 7.87. The van der Waals surface area contributed by atoms with Crippen LogP contribution in [0.3, 0.4) is 0 Å². The Bertz CT molecular complexity index is 1050. The van der Waals surface area contributed by atoms with Crippen LogP contribution in [0.1, 0.15) is 27.8 Å². The molecule has 5 heteroatoms. The molecular formula is C27H28ClFN2O. The number of carbonyl (C=O) groups excluding carboxylic acids is 1. The third-order valence-electron chi connectivity index (χ3n) is 5.69. The summed E-state index contributed by atoms with van der Waals surface area (Å²) in [5.41, 5.74) is 5.85. The SMILES string of the molecule is Cl.O=C(/C=C/c1cccc2c1CCNC2)N(CCc1ccc(F)cc1)Cc1ccccc1. The van der Waals surface area contributed by atoms with E-state index in [-0.39, 0.29) is 24.1 Å². The minimum absolute atomic E-state index is 0. The van der Waals surface area contributed by atoms with Crippen LogP contribution in [-0.2, 0) is 30.7 Å². The van der Waals surface area contributed by atoms with E-state index in [1.54, 1.807) is 18.2 Å². The van der Waals surface area contributed by atoms with Gasteiger partial charge in [-0.3, -0.25) is 4.79 Å². The average molecular weight is 451 g/mol. The maximum atomic E-state index is 13.2. The van der Waals surface area contributed by atoms with Crippen molar-refractivity contribution >= 4 is 24.4 Å². The molecule has 0 aromatic heterocycles. The Morgan fingerprint density at radius 3 is 2.53 bits per heavy atom. The lowest BCUT2D eigenvalue weighted by Gasteiger charge is -2.22. The maximum Gasteiger partial charge on any atom is 0.246 e. The van der Waals surface area contributed by atoms with E-state index < -0.39 is 0 Å². The molecule has 32 heavy (non-hydrogen) atoms. The molecule has 0 bridgehead atoms. The Balaban J connectivity index is 0.00000289. The van der Waals surface area contributed by atoms with Gasteiger partial charge in [0.25, 0.3) is 0 Å². The number of fused-ring (bicyclic) bond motifs is 1. The van der Waals surface area contributed by atoms with Crippen LogP contribution in [0.2, 0.25) is 0 Å². The van der Waals surface area contributed by atoms with E-state index in [0.29, 0.717) is 19.5 Å². The number of amides is 1. The molecule has 1 aliphatic heterocycles. The number of hydrogen-bond acceptors (Lipinski definition) is 2. The van der Waals surface area contributed by atoms with Gasteiger partial charge in [-0.1, -0.05) is 60.7 Å². The minimum Gasteiger partial charge on any atom is -0.335 e. The quantitative estimate of drug-likeness (QED) is 0.503. The molecule has 3 nitrogen and oxygen atoms in total. The van der Waals surface area contributed by atoms with Gasteiger partial charge < -0.3 is 10.2 Å². The van der Waals surface area contributed by atoms with E-state index in [1.807, 2.05) is 47.4 Å². The van der Waals surface area contributed by atoms with Crippen molar-refractivity contribution in [2.24, 2.45) is 0 Å². The summed E-state index contributed by atoms with van der Waals surface area (Å²) < 4.78 is 13.2. The number of hydrogen-bond donors (Lipinski definition) is 1. The molecule has 0 saturated carbocycles. The monoisotopic (exact) mass is 450 g/mol. The Hall–Kier alpha value is -2.95. The lowest BCUT2D eigenvalue weighted by Crippen LogP contribution is -2.31. The number of nitrogens with zero attached hydrogens (tertiary/aromatic N) is 1. The summed E-state index contributed by atoms with van der Waals surface area (Å²) in [4.78, 5) is 15.0. The molecule has 4 rings (SSSR count). The zero-order chi connectivity index (χ0) is 21.5. The second-order valence-corrected chi connectivity index (χ2v) is 7.87. The van der Waals surface area contributed by atoms with Gasteiger partial charge in [0.15, 0.2) is 0 Å². The van der Waals surface area contributed by atoms with Crippen LogP contribution in [0.15, 0.2) is 78.9 Å². The zero-order valence-corrected chi connectivity index (χ0v) is 18.8. The molecule has 1 heterocycles. The van der Waals surface area contributed by atoms with Crippen molar-refractivity contribution in [3.8, 4) is 0 Å². The van der Waals surface area contributed by atoms with Gasteiger partial charge in [0.1, 0.15) is 5.82 Å². The van der Waals surface area contributed by atoms with Crippen molar-refractivity contribution in [3.63, 3.8) is 0 Å². The number of nitrogens with one attached hydrogen (secondary N) is 1. The highest BCUT2D eigenvalue weighted by Crippen LogP contribution is 2.20. The molecule has 0 atom stereocenters. The highest BCUT2D eigenvalue weighted by Gasteiger charge is 2.14. The van der Waals surface area contributed by atoms with Gasteiger partial charge in [0.2, 0.25) is 5.91 Å². The molecule has 1 N–H and O–H groups in total. The highest BCUT2D eigenvalue weighted by atomic mass is 35.5. The van der Waals surface area contributed by atoms with Crippen molar-refractivity contribution in [3.05, 3.63) is 113 Å². The highest BCUT2D eigenvalue weighted by molar-refractivity contribution is 5.92. The Morgan fingerprint density at radius 1 is 0.969 bits per heavy atom. The standard InChI is InChI=1S/C27H27FN2O.ClH/c28-25-12-9-21(10-13-25)16-18-30(20-22-5-2-1-3-6-22)27(31)14-11-23-7-4-8-24-19-29-17-15-26(23)24;/h1-14,29H,15-20H2;1H/b14-11+;. The largest absolute Gasteiger partial charge is 0.335 e. The maximum absolute atomic E-state index is 13.2. The molecule has 166 valence electrons. The molecule has 0 radical (unpaired) electrons. The van der Waals surface area contributed by atoms with Crippen LogP contribution in [0, 0.1) is 5.82 Å². The van der Waals surface area contributed by atoms with Gasteiger partial charge in [-0.25, -0.2) is 4.39 Å². The molecule has 0 saturated heterocycles. The smallest absolute Gasteiger partial charge is 0.246 e. The van der Waals surface area contributed by atoms with Crippen molar-refractivity contribution in [1.29, 1.82) is 0 Å². The molecule has 0 aliphatic carbocycles. The third-order valence-corrected chi connectivity index (χ3v) is 5.69. The fraction of sp³-hybridized carbons (Fsp3) is 0.222. The summed E-state index contributed by atoms with van der Waals surface area (Å²) in [6.45, 7) is 2.95. The Labute approximate surface area is 195 Å².